The molecular weight excluding hydrogens is 818 g/mol. The summed E-state index contributed by atoms with van der Waals surface area (Å²) in [5.74, 6) is 0.313. The van der Waals surface area contributed by atoms with Crippen LogP contribution in [0.1, 0.15) is 51.8 Å². The van der Waals surface area contributed by atoms with E-state index in [1.165, 1.54) is 24.3 Å². The Kier molecular flexibility index (Phi) is 8.50. The van der Waals surface area contributed by atoms with E-state index in [1.807, 2.05) is 121 Å². The van der Waals surface area contributed by atoms with E-state index in [9.17, 15) is 26.3 Å². The van der Waals surface area contributed by atoms with Crippen LogP contribution < -0.4 is 5.63 Å². The molecule has 10 heteroatoms. The minimum atomic E-state index is -7.74. The maximum absolute atomic E-state index is 14.1. The summed E-state index contributed by atoms with van der Waals surface area (Å²) in [4.78, 5) is 0. The van der Waals surface area contributed by atoms with E-state index in [0.29, 0.717) is 0 Å². The van der Waals surface area contributed by atoms with E-state index in [4.69, 9.17) is 5.63 Å². The number of rotatable bonds is 10. The fraction of sp³-hybridized carbons (Fsp3) is 0.130. The molecule has 6 aromatic rings. The molecule has 2 unspecified atom stereocenters. The van der Waals surface area contributed by atoms with E-state index in [0.717, 1.165) is 57.6 Å². The molecule has 0 N–H and O–H groups in total. The summed E-state index contributed by atoms with van der Waals surface area (Å²) in [7, 11) is 0. The normalized spacial score (nSPS) is 18.2. The van der Waals surface area contributed by atoms with E-state index in [2.05, 4.69) is 12.2 Å². The van der Waals surface area contributed by atoms with Crippen molar-refractivity contribution in [3.8, 4) is 11.5 Å². The summed E-state index contributed by atoms with van der Waals surface area (Å²) in [5.41, 5.74) is 3.63. The minimum absolute atomic E-state index is 0.153. The van der Waals surface area contributed by atoms with Gasteiger partial charge < -0.3 is 0 Å². The van der Waals surface area contributed by atoms with Crippen LogP contribution in [0.25, 0.3) is 12.2 Å². The summed E-state index contributed by atoms with van der Waals surface area (Å²) in [6, 6.07) is 44.8. The van der Waals surface area contributed by atoms with E-state index in [-0.39, 0.29) is 19.8 Å². The van der Waals surface area contributed by atoms with Gasteiger partial charge in [-0.25, -0.2) is 0 Å². The Balaban J connectivity index is 1.62. The summed E-state index contributed by atoms with van der Waals surface area (Å²) < 4.78 is 100. The van der Waals surface area contributed by atoms with Crippen molar-refractivity contribution in [3.05, 3.63) is 214 Å². The molecule has 2 aliphatic rings. The molecule has 0 amide bonds. The van der Waals surface area contributed by atoms with E-state index in [1.54, 1.807) is 6.88 Å². The molecule has 0 fully saturated rings. The molecule has 0 saturated carbocycles. The molecule has 0 aromatic heterocycles. The fourth-order valence-corrected chi connectivity index (χ4v) is 48.7. The molecule has 8 rings (SSSR count). The number of hydrogen-bond donors (Lipinski definition) is 0. The van der Waals surface area contributed by atoms with Crippen LogP contribution in [0.3, 0.4) is 0 Å². The molecule has 2 aliphatic carbocycles. The second kappa shape index (κ2) is 12.5. The molecule has 0 bridgehead atoms. The Morgan fingerprint density at radius 2 is 0.786 bits per heavy atom. The number of fused-ring (bicyclic) bond motifs is 2. The molecule has 0 heterocycles. The summed E-state index contributed by atoms with van der Waals surface area (Å²) >= 11 is -7.74. The van der Waals surface area contributed by atoms with Crippen molar-refractivity contribution < 1.29 is 47.3 Å². The third kappa shape index (κ3) is 5.87. The molecule has 0 spiro atoms. The molecule has 6 aromatic carbocycles. The van der Waals surface area contributed by atoms with Gasteiger partial charge in [-0.15, -0.1) is 0 Å². The van der Waals surface area contributed by atoms with Crippen LogP contribution in [-0.4, -0.2) is 6.88 Å². The van der Waals surface area contributed by atoms with Crippen molar-refractivity contribution in [2.75, 3.05) is 0 Å². The van der Waals surface area contributed by atoms with Gasteiger partial charge in [-0.3, -0.25) is 0 Å². The second-order valence-corrected chi connectivity index (χ2v) is 53.5. The zero-order valence-electron chi connectivity index (χ0n) is 30.2. The van der Waals surface area contributed by atoms with Crippen molar-refractivity contribution in [1.82, 2.24) is 0 Å². The molecule has 0 aliphatic heterocycles. The average Bonchev–Trinajstić information content (AvgIpc) is 3.83. The van der Waals surface area contributed by atoms with Crippen LogP contribution in [0, 0.1) is 0 Å². The number of halogens is 6. The van der Waals surface area contributed by atoms with Gasteiger partial charge in [0.05, 0.1) is 0 Å². The Bertz CT molecular complexity index is 2440. The zero-order valence-corrected chi connectivity index (χ0v) is 34.1. The third-order valence-corrected chi connectivity index (χ3v) is 48.3. The van der Waals surface area contributed by atoms with Crippen molar-refractivity contribution in [2.24, 2.45) is 0 Å². The number of benzene rings is 6. The molecule has 56 heavy (non-hydrogen) atoms. The predicted molar refractivity (Wildman–Crippen MR) is 209 cm³/mol. The van der Waals surface area contributed by atoms with Crippen LogP contribution in [0.4, 0.5) is 26.3 Å². The van der Waals surface area contributed by atoms with Crippen LogP contribution in [0.15, 0.2) is 170 Å². The van der Waals surface area contributed by atoms with Gasteiger partial charge in [0, 0.05) is 0 Å². The topological polar surface area (TPSA) is 18.5 Å². The summed E-state index contributed by atoms with van der Waals surface area (Å²) in [5, 5.41) is 0. The van der Waals surface area contributed by atoms with E-state index >= 15 is 0 Å². The van der Waals surface area contributed by atoms with Crippen LogP contribution in [0.5, 0.6) is 11.5 Å². The molecule has 2 nitrogen and oxygen atoms in total. The van der Waals surface area contributed by atoms with Crippen molar-refractivity contribution in [2.45, 2.75) is 27.9 Å². The zero-order chi connectivity index (χ0) is 39.3. The quantitative estimate of drug-likeness (QED) is 0.101. The molecule has 2 atom stereocenters. The Morgan fingerprint density at radius 1 is 0.446 bits per heavy atom. The van der Waals surface area contributed by atoms with Gasteiger partial charge in [-0.05, 0) is 0 Å². The first-order chi connectivity index (χ1) is 26.6. The molecule has 0 saturated heterocycles. The molecular formula is C46H38F6O2SiZr. The van der Waals surface area contributed by atoms with Gasteiger partial charge in [-0.1, -0.05) is 0 Å². The second-order valence-electron chi connectivity index (χ2n) is 16.1. The van der Waals surface area contributed by atoms with Crippen LogP contribution in [0.2, 0.25) is 0 Å². The van der Waals surface area contributed by atoms with Gasteiger partial charge in [0.15, 0.2) is 0 Å². The van der Waals surface area contributed by atoms with Gasteiger partial charge >= 0.3 is 320 Å². The third-order valence-electron chi connectivity index (χ3n) is 12.4. The summed E-state index contributed by atoms with van der Waals surface area (Å²) in [6.45, 7) is 1.72. The first-order valence-corrected chi connectivity index (χ1v) is 32.6. The van der Waals surface area contributed by atoms with Gasteiger partial charge in [0.1, 0.15) is 0 Å². The average molecular weight is 856 g/mol. The van der Waals surface area contributed by atoms with Gasteiger partial charge in [0.2, 0.25) is 0 Å². The number of hydrogen-bond acceptors (Lipinski definition) is 2. The Morgan fingerprint density at radius 3 is 1.14 bits per heavy atom. The standard InChI is InChI=1S/2C9H7.2C7H5F3O.2C7H7.H2Si.Zr/c2*1-2-5-9-7-3-6-8(9)4-1;2*8-7(9,10)5-1-3-6(11)4-2-5;2*1-7-5-3-2-4-6-7;;/h2*1-7H;2*1-4,11H;2*2-6H,1H2;1H2;/q;;;;;;;+2/p-2. The first kappa shape index (κ1) is 38.0. The van der Waals surface area contributed by atoms with Crippen LogP contribution in [-0.2, 0) is 35.9 Å². The number of allylic oxidation sites excluding steroid dienone is 2. The molecule has 284 valence electrons. The van der Waals surface area contributed by atoms with Crippen molar-refractivity contribution >= 4 is 19.0 Å². The Hall–Kier alpha value is -4.92. The van der Waals surface area contributed by atoms with Crippen molar-refractivity contribution in [3.63, 3.8) is 0 Å². The van der Waals surface area contributed by atoms with Crippen LogP contribution >= 0.6 is 0 Å². The molecule has 0 radical (unpaired) electrons. The van der Waals surface area contributed by atoms with E-state index < -0.39 is 46.0 Å². The van der Waals surface area contributed by atoms with Gasteiger partial charge in [0.25, 0.3) is 0 Å². The fourth-order valence-electron chi connectivity index (χ4n) is 10.2. The Labute approximate surface area is 318 Å². The predicted octanol–water partition coefficient (Wildman–Crippen LogP) is 12.3. The first-order valence-electron chi connectivity index (χ1n) is 18.4. The summed E-state index contributed by atoms with van der Waals surface area (Å²) in [6.07, 6.45) is -0.935. The number of alkyl halides is 6. The van der Waals surface area contributed by atoms with Crippen molar-refractivity contribution in [1.29, 1.82) is 0 Å². The maximum atomic E-state index is 14.1. The van der Waals surface area contributed by atoms with Gasteiger partial charge in [-0.2, -0.15) is 0 Å². The monoisotopic (exact) mass is 854 g/mol. The SMILES string of the molecule is FC(F)(F)c1ccc([O][Zr](=[SiH2])([CH2]c2ccccc2)([CH2]c2ccccc2)([O]c2ccc(C(F)(F)F)cc2)([CH]2C=Cc3ccccc32)[CH]2C=Cc3ccccc32)cc1.